The Balaban J connectivity index is 1.74. The van der Waals surface area contributed by atoms with Gasteiger partial charge < -0.3 is 10.8 Å². The number of nitrogens with two attached hydrogens (primary N) is 1. The third kappa shape index (κ3) is 3.34. The molecule has 6 heteroatoms. The third-order valence-corrected chi connectivity index (χ3v) is 6.29. The Hall–Kier alpha value is -1.24. The number of hydrogen-bond acceptors (Lipinski definition) is 6. The number of aliphatic hydroxyl groups excluding tert-OH is 1. The summed E-state index contributed by atoms with van der Waals surface area (Å²) in [4.78, 5) is 13.9. The molecule has 0 radical (unpaired) electrons. The van der Waals surface area contributed by atoms with Crippen LogP contribution in [0.15, 0.2) is 0 Å². The van der Waals surface area contributed by atoms with Crippen molar-refractivity contribution in [2.45, 2.75) is 52.1 Å². The monoisotopic (exact) mass is 334 g/mol. The van der Waals surface area contributed by atoms with Crippen molar-refractivity contribution in [3.63, 3.8) is 0 Å². The van der Waals surface area contributed by atoms with E-state index in [-0.39, 0.29) is 0 Å². The molecule has 0 atom stereocenters. The molecule has 23 heavy (non-hydrogen) atoms. The molecule has 0 saturated heterocycles. The Kier molecular flexibility index (Phi) is 4.85. The van der Waals surface area contributed by atoms with Gasteiger partial charge in [-0.25, -0.2) is 9.97 Å². The van der Waals surface area contributed by atoms with Gasteiger partial charge in [0.15, 0.2) is 0 Å². The second kappa shape index (κ2) is 6.71. The van der Waals surface area contributed by atoms with Gasteiger partial charge in [0.2, 0.25) is 0 Å². The Morgan fingerprint density at radius 1 is 1.22 bits per heavy atom. The number of thiophene rings is 1. The molecule has 0 spiro atoms. The first-order chi connectivity index (χ1) is 11.0. The Labute approximate surface area is 141 Å². The normalized spacial score (nSPS) is 22.1. The quantitative estimate of drug-likeness (QED) is 0.899. The maximum atomic E-state index is 9.26. The van der Waals surface area contributed by atoms with E-state index in [1.165, 1.54) is 10.4 Å². The molecule has 126 valence electrons. The first kappa shape index (κ1) is 16.6. The van der Waals surface area contributed by atoms with E-state index < -0.39 is 0 Å². The van der Waals surface area contributed by atoms with Crippen LogP contribution >= 0.6 is 11.3 Å². The number of nitrogen functional groups attached to an aromatic ring is 1. The Morgan fingerprint density at radius 2 is 1.91 bits per heavy atom. The summed E-state index contributed by atoms with van der Waals surface area (Å²) in [6.45, 7) is 5.24. The fourth-order valence-corrected chi connectivity index (χ4v) is 4.57. The number of aliphatic hydroxyl groups is 1. The van der Waals surface area contributed by atoms with Crippen molar-refractivity contribution < 1.29 is 5.11 Å². The number of rotatable bonds is 4. The lowest BCUT2D eigenvalue weighted by atomic mass is 9.86. The van der Waals surface area contributed by atoms with Gasteiger partial charge in [-0.3, -0.25) is 4.90 Å². The molecule has 0 aromatic carbocycles. The number of hydrogen-bond donors (Lipinski definition) is 2. The van der Waals surface area contributed by atoms with Crippen molar-refractivity contribution in [2.75, 3.05) is 19.4 Å². The van der Waals surface area contributed by atoms with Crippen LogP contribution in [0.3, 0.4) is 0 Å². The minimum atomic E-state index is 0.323. The largest absolute Gasteiger partial charge is 0.396 e. The van der Waals surface area contributed by atoms with Gasteiger partial charge >= 0.3 is 0 Å². The Bertz CT molecular complexity index is 691. The molecular weight excluding hydrogens is 308 g/mol. The highest BCUT2D eigenvalue weighted by atomic mass is 32.1. The van der Waals surface area contributed by atoms with E-state index >= 15 is 0 Å². The number of aryl methyl sites for hydroxylation is 2. The molecular formula is C17H26N4OS. The van der Waals surface area contributed by atoms with Crippen molar-refractivity contribution in [1.82, 2.24) is 14.9 Å². The van der Waals surface area contributed by atoms with E-state index in [1.54, 1.807) is 11.3 Å². The van der Waals surface area contributed by atoms with Gasteiger partial charge in [-0.1, -0.05) is 0 Å². The van der Waals surface area contributed by atoms with Gasteiger partial charge in [0.05, 0.1) is 11.9 Å². The van der Waals surface area contributed by atoms with E-state index in [4.69, 9.17) is 10.7 Å². The van der Waals surface area contributed by atoms with Crippen LogP contribution in [0, 0.1) is 19.8 Å². The van der Waals surface area contributed by atoms with Gasteiger partial charge in [0, 0.05) is 17.5 Å². The first-order valence-electron chi connectivity index (χ1n) is 8.32. The van der Waals surface area contributed by atoms with Crippen molar-refractivity contribution in [1.29, 1.82) is 0 Å². The fraction of sp³-hybridized carbons (Fsp3) is 0.647. The predicted molar refractivity (Wildman–Crippen MR) is 95.6 cm³/mol. The van der Waals surface area contributed by atoms with Crippen LogP contribution in [0.5, 0.6) is 0 Å². The number of aromatic nitrogens is 2. The average Bonchev–Trinajstić information content (AvgIpc) is 2.82. The van der Waals surface area contributed by atoms with Gasteiger partial charge in [0.25, 0.3) is 0 Å². The van der Waals surface area contributed by atoms with Gasteiger partial charge in [0.1, 0.15) is 16.5 Å². The molecule has 1 aliphatic carbocycles. The minimum Gasteiger partial charge on any atom is -0.396 e. The van der Waals surface area contributed by atoms with Crippen molar-refractivity contribution in [3.8, 4) is 0 Å². The number of anilines is 1. The second-order valence-electron chi connectivity index (χ2n) is 6.76. The van der Waals surface area contributed by atoms with Gasteiger partial charge in [-0.15, -0.1) is 11.3 Å². The lowest BCUT2D eigenvalue weighted by Gasteiger charge is -2.33. The van der Waals surface area contributed by atoms with E-state index in [2.05, 4.69) is 30.8 Å². The molecule has 0 unspecified atom stereocenters. The zero-order valence-electron chi connectivity index (χ0n) is 14.2. The zero-order valence-corrected chi connectivity index (χ0v) is 15.0. The summed E-state index contributed by atoms with van der Waals surface area (Å²) in [6, 6.07) is 0.546. The molecule has 0 bridgehead atoms. The molecule has 3 N–H and O–H groups in total. The van der Waals surface area contributed by atoms with Crippen LogP contribution in [0.1, 0.15) is 41.9 Å². The zero-order chi connectivity index (χ0) is 16.6. The lowest BCUT2D eigenvalue weighted by molar-refractivity contribution is 0.122. The topological polar surface area (TPSA) is 75.3 Å². The lowest BCUT2D eigenvalue weighted by Crippen LogP contribution is -2.35. The summed E-state index contributed by atoms with van der Waals surface area (Å²) in [5.41, 5.74) is 7.37. The summed E-state index contributed by atoms with van der Waals surface area (Å²) in [7, 11) is 2.14. The summed E-state index contributed by atoms with van der Waals surface area (Å²) in [6.07, 6.45) is 4.49. The molecule has 2 aromatic heterocycles. The molecule has 2 aromatic rings. The van der Waals surface area contributed by atoms with Crippen molar-refractivity contribution in [3.05, 3.63) is 16.3 Å². The van der Waals surface area contributed by atoms with Crippen LogP contribution in [0.25, 0.3) is 10.2 Å². The third-order valence-electron chi connectivity index (χ3n) is 5.19. The predicted octanol–water partition coefficient (Wildman–Crippen LogP) is 2.87. The second-order valence-corrected chi connectivity index (χ2v) is 7.96. The SMILES string of the molecule is Cc1sc2nc(CN(C)C3CCC(CO)CC3)nc(N)c2c1C. The standard InChI is InChI=1S/C17H26N4OS/c1-10-11(2)23-17-15(10)16(18)19-14(20-17)8-21(3)13-6-4-12(9-22)5-7-13/h12-13,22H,4-9H2,1-3H3,(H2,18,19,20). The van der Waals surface area contributed by atoms with Crippen LogP contribution in [0.4, 0.5) is 5.82 Å². The van der Waals surface area contributed by atoms with E-state index in [0.29, 0.717) is 24.4 Å². The van der Waals surface area contributed by atoms with Gasteiger partial charge in [-0.05, 0) is 58.1 Å². The highest BCUT2D eigenvalue weighted by Gasteiger charge is 2.24. The fourth-order valence-electron chi connectivity index (χ4n) is 3.52. The average molecular weight is 334 g/mol. The molecule has 0 amide bonds. The molecule has 3 rings (SSSR count). The maximum Gasteiger partial charge on any atom is 0.146 e. The highest BCUT2D eigenvalue weighted by molar-refractivity contribution is 7.18. The molecule has 2 heterocycles. The van der Waals surface area contributed by atoms with Crippen LogP contribution in [0.2, 0.25) is 0 Å². The number of nitrogens with zero attached hydrogens (tertiary/aromatic N) is 3. The minimum absolute atomic E-state index is 0.323. The Morgan fingerprint density at radius 3 is 2.57 bits per heavy atom. The van der Waals surface area contributed by atoms with Crippen LogP contribution < -0.4 is 5.73 Å². The van der Waals surface area contributed by atoms with Crippen LogP contribution in [-0.4, -0.2) is 39.7 Å². The summed E-state index contributed by atoms with van der Waals surface area (Å²) >= 11 is 1.70. The smallest absolute Gasteiger partial charge is 0.146 e. The summed E-state index contributed by atoms with van der Waals surface area (Å²) in [5, 5.41) is 10.3. The maximum absolute atomic E-state index is 9.26. The summed E-state index contributed by atoms with van der Waals surface area (Å²) < 4.78 is 0. The highest BCUT2D eigenvalue weighted by Crippen LogP contribution is 2.32. The number of fused-ring (bicyclic) bond motifs is 1. The van der Waals surface area contributed by atoms with E-state index in [0.717, 1.165) is 48.3 Å². The van der Waals surface area contributed by atoms with E-state index in [1.807, 2.05) is 0 Å². The van der Waals surface area contributed by atoms with Crippen molar-refractivity contribution >= 4 is 27.4 Å². The summed E-state index contributed by atoms with van der Waals surface area (Å²) in [5.74, 6) is 1.90. The molecule has 1 saturated carbocycles. The molecule has 5 nitrogen and oxygen atoms in total. The molecule has 0 aliphatic heterocycles. The van der Waals surface area contributed by atoms with Crippen LogP contribution in [-0.2, 0) is 6.54 Å². The van der Waals surface area contributed by atoms with Gasteiger partial charge in [-0.2, -0.15) is 0 Å². The van der Waals surface area contributed by atoms with E-state index in [9.17, 15) is 5.11 Å². The first-order valence-corrected chi connectivity index (χ1v) is 9.14. The molecule has 1 fully saturated rings. The van der Waals surface area contributed by atoms with Crippen molar-refractivity contribution in [2.24, 2.45) is 5.92 Å². The molecule has 1 aliphatic rings.